The van der Waals surface area contributed by atoms with Crippen molar-refractivity contribution < 1.29 is 9.53 Å². The molecule has 1 aliphatic rings. The van der Waals surface area contributed by atoms with Gasteiger partial charge in [-0.2, -0.15) is 5.10 Å². The minimum atomic E-state index is -0.0966. The van der Waals surface area contributed by atoms with E-state index in [-0.39, 0.29) is 12.5 Å². The molecule has 0 bridgehead atoms. The highest BCUT2D eigenvalue weighted by atomic mass is 79.9. The second-order valence-electron chi connectivity index (χ2n) is 5.52. The number of halogens is 1. The molecular formula is C16H19BrN4O2. The van der Waals surface area contributed by atoms with Crippen molar-refractivity contribution in [2.45, 2.75) is 13.5 Å². The first-order chi connectivity index (χ1) is 11.1. The highest BCUT2D eigenvalue weighted by Crippen LogP contribution is 2.30. The molecule has 3 rings (SSSR count). The summed E-state index contributed by atoms with van der Waals surface area (Å²) in [4.78, 5) is 14.5. The molecule has 0 spiro atoms. The molecule has 6 nitrogen and oxygen atoms in total. The van der Waals surface area contributed by atoms with Gasteiger partial charge < -0.3 is 15.0 Å². The van der Waals surface area contributed by atoms with Gasteiger partial charge in [-0.05, 0) is 30.7 Å². The highest BCUT2D eigenvalue weighted by molar-refractivity contribution is 9.10. The summed E-state index contributed by atoms with van der Waals surface area (Å²) in [6.07, 6.45) is 3.59. The number of amides is 1. The maximum absolute atomic E-state index is 12.3. The second kappa shape index (κ2) is 7.14. The van der Waals surface area contributed by atoms with Gasteiger partial charge in [0, 0.05) is 23.8 Å². The van der Waals surface area contributed by atoms with Gasteiger partial charge in [-0.1, -0.05) is 15.9 Å². The van der Waals surface area contributed by atoms with Crippen LogP contribution in [-0.4, -0.2) is 42.0 Å². The zero-order valence-corrected chi connectivity index (χ0v) is 14.5. The predicted octanol–water partition coefficient (Wildman–Crippen LogP) is 2.43. The van der Waals surface area contributed by atoms with E-state index in [4.69, 9.17) is 4.74 Å². The number of anilines is 2. The quantitative estimate of drug-likeness (QED) is 0.887. The topological polar surface area (TPSA) is 59.4 Å². The number of benzene rings is 1. The van der Waals surface area contributed by atoms with E-state index in [1.54, 1.807) is 10.9 Å². The number of aromatic nitrogens is 2. The number of nitrogens with one attached hydrogen (secondary N) is 1. The summed E-state index contributed by atoms with van der Waals surface area (Å²) in [5.74, 6) is -0.0966. The number of ether oxygens (including phenoxy) is 1. The third kappa shape index (κ3) is 4.11. The van der Waals surface area contributed by atoms with E-state index in [1.807, 2.05) is 31.3 Å². The third-order valence-electron chi connectivity index (χ3n) is 3.65. The van der Waals surface area contributed by atoms with Crippen molar-refractivity contribution in [1.82, 2.24) is 9.78 Å². The number of aryl methyl sites for hydroxylation is 1. The van der Waals surface area contributed by atoms with Gasteiger partial charge in [0.1, 0.15) is 6.54 Å². The zero-order valence-electron chi connectivity index (χ0n) is 13.0. The zero-order chi connectivity index (χ0) is 16.2. The fourth-order valence-electron chi connectivity index (χ4n) is 2.58. The van der Waals surface area contributed by atoms with Crippen molar-refractivity contribution in [3.05, 3.63) is 40.6 Å². The molecule has 0 radical (unpaired) electrons. The molecule has 1 fully saturated rings. The maximum atomic E-state index is 12.3. The monoisotopic (exact) mass is 378 g/mol. The van der Waals surface area contributed by atoms with E-state index in [9.17, 15) is 4.79 Å². The predicted molar refractivity (Wildman–Crippen MR) is 92.8 cm³/mol. The molecule has 2 aromatic rings. The number of morpholine rings is 1. The van der Waals surface area contributed by atoms with E-state index >= 15 is 0 Å². The molecule has 23 heavy (non-hydrogen) atoms. The molecule has 0 unspecified atom stereocenters. The van der Waals surface area contributed by atoms with Crippen LogP contribution >= 0.6 is 15.9 Å². The average Bonchev–Trinajstić information content (AvgIpc) is 2.93. The Balaban J connectivity index is 1.75. The lowest BCUT2D eigenvalue weighted by molar-refractivity contribution is -0.116. The van der Waals surface area contributed by atoms with Crippen LogP contribution in [0.1, 0.15) is 5.56 Å². The Hall–Kier alpha value is -1.86. The van der Waals surface area contributed by atoms with Crippen LogP contribution in [-0.2, 0) is 16.1 Å². The van der Waals surface area contributed by atoms with Crippen molar-refractivity contribution in [1.29, 1.82) is 0 Å². The maximum Gasteiger partial charge on any atom is 0.246 e. The van der Waals surface area contributed by atoms with Crippen molar-refractivity contribution in [2.75, 3.05) is 36.5 Å². The van der Waals surface area contributed by atoms with Crippen LogP contribution in [0.5, 0.6) is 0 Å². The highest BCUT2D eigenvalue weighted by Gasteiger charge is 2.16. The molecule has 0 atom stereocenters. The molecule has 7 heteroatoms. The third-order valence-corrected chi connectivity index (χ3v) is 4.15. The number of hydrogen-bond acceptors (Lipinski definition) is 4. The number of carbonyl (C=O) groups excluding carboxylic acids is 1. The van der Waals surface area contributed by atoms with Gasteiger partial charge in [-0.3, -0.25) is 9.48 Å². The molecule has 1 aromatic heterocycles. The van der Waals surface area contributed by atoms with Crippen LogP contribution in [0.25, 0.3) is 0 Å². The summed E-state index contributed by atoms with van der Waals surface area (Å²) in [6, 6.07) is 5.93. The summed E-state index contributed by atoms with van der Waals surface area (Å²) in [6.45, 7) is 5.20. The molecule has 0 aliphatic carbocycles. The fourth-order valence-corrected chi connectivity index (χ4v) is 2.94. The molecule has 1 aliphatic heterocycles. The average molecular weight is 379 g/mol. The van der Waals surface area contributed by atoms with Crippen LogP contribution < -0.4 is 10.2 Å². The van der Waals surface area contributed by atoms with Gasteiger partial charge in [0.15, 0.2) is 0 Å². The Morgan fingerprint density at radius 3 is 2.87 bits per heavy atom. The first-order valence-corrected chi connectivity index (χ1v) is 8.32. The SMILES string of the molecule is Cc1cnn(CC(=O)Nc2cc(Br)ccc2N2CCOCC2)c1. The molecule has 2 heterocycles. The molecule has 1 saturated heterocycles. The van der Waals surface area contributed by atoms with Gasteiger partial charge >= 0.3 is 0 Å². The normalized spacial score (nSPS) is 14.8. The smallest absolute Gasteiger partial charge is 0.246 e. The van der Waals surface area contributed by atoms with E-state index < -0.39 is 0 Å². The lowest BCUT2D eigenvalue weighted by atomic mass is 10.2. The largest absolute Gasteiger partial charge is 0.378 e. The minimum Gasteiger partial charge on any atom is -0.378 e. The van der Waals surface area contributed by atoms with Crippen molar-refractivity contribution in [2.24, 2.45) is 0 Å². The first-order valence-electron chi connectivity index (χ1n) is 7.53. The van der Waals surface area contributed by atoms with Crippen molar-refractivity contribution >= 4 is 33.2 Å². The Kier molecular flexibility index (Phi) is 4.97. The van der Waals surface area contributed by atoms with Crippen LogP contribution in [0.2, 0.25) is 0 Å². The van der Waals surface area contributed by atoms with Crippen molar-refractivity contribution in [3.63, 3.8) is 0 Å². The molecule has 122 valence electrons. The molecule has 1 aromatic carbocycles. The Labute approximate surface area is 143 Å². The summed E-state index contributed by atoms with van der Waals surface area (Å²) < 4.78 is 7.96. The van der Waals surface area contributed by atoms with E-state index in [0.717, 1.165) is 34.5 Å². The van der Waals surface area contributed by atoms with Gasteiger partial charge in [0.25, 0.3) is 0 Å². The van der Waals surface area contributed by atoms with E-state index in [0.29, 0.717) is 13.2 Å². The fraction of sp³-hybridized carbons (Fsp3) is 0.375. The van der Waals surface area contributed by atoms with E-state index in [2.05, 4.69) is 31.2 Å². The first kappa shape index (κ1) is 16.0. The molecule has 0 saturated carbocycles. The summed E-state index contributed by atoms with van der Waals surface area (Å²) in [7, 11) is 0. The second-order valence-corrected chi connectivity index (χ2v) is 6.44. The van der Waals surface area contributed by atoms with Gasteiger partial charge in [0.05, 0.1) is 30.8 Å². The van der Waals surface area contributed by atoms with Crippen LogP contribution in [0, 0.1) is 6.92 Å². The van der Waals surface area contributed by atoms with Crippen LogP contribution in [0.3, 0.4) is 0 Å². The summed E-state index contributed by atoms with van der Waals surface area (Å²) in [5.41, 5.74) is 2.85. The van der Waals surface area contributed by atoms with Gasteiger partial charge in [-0.15, -0.1) is 0 Å². The lowest BCUT2D eigenvalue weighted by Gasteiger charge is -2.30. The van der Waals surface area contributed by atoms with Crippen LogP contribution in [0.4, 0.5) is 11.4 Å². The Bertz CT molecular complexity index is 695. The minimum absolute atomic E-state index is 0.0966. The molecular weight excluding hydrogens is 360 g/mol. The lowest BCUT2D eigenvalue weighted by Crippen LogP contribution is -2.36. The Morgan fingerprint density at radius 1 is 1.39 bits per heavy atom. The number of rotatable bonds is 4. The molecule has 1 N–H and O–H groups in total. The Morgan fingerprint density at radius 2 is 2.17 bits per heavy atom. The van der Waals surface area contributed by atoms with Crippen molar-refractivity contribution in [3.8, 4) is 0 Å². The number of carbonyl (C=O) groups is 1. The summed E-state index contributed by atoms with van der Waals surface area (Å²) >= 11 is 3.47. The molecule has 1 amide bonds. The van der Waals surface area contributed by atoms with E-state index in [1.165, 1.54) is 0 Å². The number of nitrogens with zero attached hydrogens (tertiary/aromatic N) is 3. The van der Waals surface area contributed by atoms with Crippen LogP contribution in [0.15, 0.2) is 35.1 Å². The summed E-state index contributed by atoms with van der Waals surface area (Å²) in [5, 5.41) is 7.14. The number of hydrogen-bond donors (Lipinski definition) is 1. The van der Waals surface area contributed by atoms with Gasteiger partial charge in [0.2, 0.25) is 5.91 Å². The van der Waals surface area contributed by atoms with Gasteiger partial charge in [-0.25, -0.2) is 0 Å². The standard InChI is InChI=1S/C16H19BrN4O2/c1-12-9-18-21(10-12)11-16(22)19-14-8-13(17)2-3-15(14)20-4-6-23-7-5-20/h2-3,8-10H,4-7,11H2,1H3,(H,19,22).